The zero-order valence-corrected chi connectivity index (χ0v) is 15.3. The number of ether oxygens (including phenoxy) is 1. The molecule has 4 aliphatic carbocycles. The molecule has 0 aliphatic heterocycles. The number of fused-ring (bicyclic) bond motifs is 5. The Balaban J connectivity index is 1.59. The van der Waals surface area contributed by atoms with Gasteiger partial charge >= 0.3 is 5.97 Å². The minimum absolute atomic E-state index is 0.0697. The molecule has 4 aliphatic rings. The second-order valence-electron chi connectivity index (χ2n) is 9.35. The summed E-state index contributed by atoms with van der Waals surface area (Å²) in [7, 11) is 0. The second kappa shape index (κ2) is 5.44. The lowest BCUT2D eigenvalue weighted by Crippen LogP contribution is -2.49. The fourth-order valence-corrected chi connectivity index (χ4v) is 6.74. The molecular weight excluding hydrogens is 300 g/mol. The zero-order valence-electron chi connectivity index (χ0n) is 15.3. The molecular formula is C21H30O3. The number of Topliss-reactive ketones (excluding diaryl/α,β-unsaturated/α-hetero) is 1. The second-order valence-corrected chi connectivity index (χ2v) is 9.35. The number of esters is 1. The van der Waals surface area contributed by atoms with Gasteiger partial charge in [-0.05, 0) is 60.7 Å². The largest absolute Gasteiger partial charge is 0.462 e. The first-order chi connectivity index (χ1) is 11.3. The number of ketones is 1. The standard InChI is InChI=1S/C21H30O3/c1-13(22)24-16-6-9-21(3)14(10-16)4-5-17-18(21)7-8-20(2)12-15(23)11-19(17)20/h4,16-19H,5-12H2,1-3H3/t16-,17+,18-,19-,20+,21-/m0/s1. The van der Waals surface area contributed by atoms with Crippen LogP contribution in [0, 0.1) is 28.6 Å². The van der Waals surface area contributed by atoms with Crippen LogP contribution in [0.5, 0.6) is 0 Å². The van der Waals surface area contributed by atoms with E-state index in [1.54, 1.807) is 0 Å². The molecule has 0 spiro atoms. The van der Waals surface area contributed by atoms with E-state index < -0.39 is 0 Å². The van der Waals surface area contributed by atoms with E-state index in [9.17, 15) is 9.59 Å². The molecule has 4 rings (SSSR count). The Hall–Kier alpha value is -1.12. The van der Waals surface area contributed by atoms with Gasteiger partial charge in [0.2, 0.25) is 0 Å². The highest BCUT2D eigenvalue weighted by Crippen LogP contribution is 2.64. The van der Waals surface area contributed by atoms with Crippen molar-refractivity contribution >= 4 is 11.8 Å². The Kier molecular flexibility index (Phi) is 3.71. The quantitative estimate of drug-likeness (QED) is 0.527. The molecule has 24 heavy (non-hydrogen) atoms. The average molecular weight is 330 g/mol. The van der Waals surface area contributed by atoms with Gasteiger partial charge in [-0.1, -0.05) is 25.5 Å². The number of carbonyl (C=O) groups is 2. The van der Waals surface area contributed by atoms with Crippen LogP contribution in [0.1, 0.15) is 72.1 Å². The van der Waals surface area contributed by atoms with Gasteiger partial charge < -0.3 is 4.74 Å². The van der Waals surface area contributed by atoms with Crippen molar-refractivity contribution in [3.8, 4) is 0 Å². The molecule has 0 heterocycles. The van der Waals surface area contributed by atoms with Crippen LogP contribution in [0.2, 0.25) is 0 Å². The molecule has 0 amide bonds. The van der Waals surface area contributed by atoms with Crippen molar-refractivity contribution in [1.82, 2.24) is 0 Å². The predicted octanol–water partition coefficient (Wildman–Crippen LogP) is 4.45. The molecule has 0 aromatic rings. The lowest BCUT2D eigenvalue weighted by molar-refractivity contribution is -0.148. The summed E-state index contributed by atoms with van der Waals surface area (Å²) in [5.74, 6) is 2.30. The van der Waals surface area contributed by atoms with Crippen LogP contribution >= 0.6 is 0 Å². The zero-order chi connectivity index (χ0) is 17.1. The number of rotatable bonds is 1. The molecule has 0 aromatic carbocycles. The maximum atomic E-state index is 12.1. The molecule has 0 bridgehead atoms. The summed E-state index contributed by atoms with van der Waals surface area (Å²) < 4.78 is 5.50. The first-order valence-corrected chi connectivity index (χ1v) is 9.70. The lowest BCUT2D eigenvalue weighted by Gasteiger charge is -2.57. The van der Waals surface area contributed by atoms with Crippen molar-refractivity contribution < 1.29 is 14.3 Å². The van der Waals surface area contributed by atoms with Gasteiger partial charge in [0.25, 0.3) is 0 Å². The Bertz CT molecular complexity index is 606. The Labute approximate surface area is 145 Å². The fraction of sp³-hybridized carbons (Fsp3) is 0.810. The van der Waals surface area contributed by atoms with Crippen molar-refractivity contribution in [3.63, 3.8) is 0 Å². The van der Waals surface area contributed by atoms with Gasteiger partial charge in [0, 0.05) is 26.2 Å². The van der Waals surface area contributed by atoms with Crippen molar-refractivity contribution in [3.05, 3.63) is 11.6 Å². The number of allylic oxidation sites excluding steroid dienone is 1. The maximum Gasteiger partial charge on any atom is 0.302 e. The molecule has 3 saturated carbocycles. The smallest absolute Gasteiger partial charge is 0.302 e. The van der Waals surface area contributed by atoms with E-state index in [0.29, 0.717) is 23.5 Å². The molecule has 0 radical (unpaired) electrons. The van der Waals surface area contributed by atoms with Crippen LogP contribution in [-0.2, 0) is 14.3 Å². The summed E-state index contributed by atoms with van der Waals surface area (Å²) in [6.45, 7) is 6.31. The van der Waals surface area contributed by atoms with Crippen LogP contribution in [-0.4, -0.2) is 17.9 Å². The van der Waals surface area contributed by atoms with Crippen LogP contribution < -0.4 is 0 Å². The third-order valence-corrected chi connectivity index (χ3v) is 7.96. The van der Waals surface area contributed by atoms with Gasteiger partial charge in [-0.3, -0.25) is 9.59 Å². The van der Waals surface area contributed by atoms with Crippen LogP contribution in [0.15, 0.2) is 11.6 Å². The summed E-state index contributed by atoms with van der Waals surface area (Å²) in [5, 5.41) is 0. The van der Waals surface area contributed by atoms with Crippen molar-refractivity contribution in [2.24, 2.45) is 28.6 Å². The molecule has 0 saturated heterocycles. The highest BCUT2D eigenvalue weighted by molar-refractivity contribution is 5.82. The van der Waals surface area contributed by atoms with E-state index >= 15 is 0 Å². The van der Waals surface area contributed by atoms with E-state index in [0.717, 1.165) is 38.5 Å². The summed E-state index contributed by atoms with van der Waals surface area (Å²) >= 11 is 0. The first-order valence-electron chi connectivity index (χ1n) is 9.70. The van der Waals surface area contributed by atoms with Crippen LogP contribution in [0.3, 0.4) is 0 Å². The third-order valence-electron chi connectivity index (χ3n) is 7.96. The summed E-state index contributed by atoms with van der Waals surface area (Å²) in [5.41, 5.74) is 2.04. The van der Waals surface area contributed by atoms with Crippen molar-refractivity contribution in [1.29, 1.82) is 0 Å². The van der Waals surface area contributed by atoms with E-state index in [2.05, 4.69) is 19.9 Å². The minimum Gasteiger partial charge on any atom is -0.462 e. The Morgan fingerprint density at radius 2 is 1.96 bits per heavy atom. The van der Waals surface area contributed by atoms with Gasteiger partial charge in [-0.25, -0.2) is 0 Å². The molecule has 132 valence electrons. The monoisotopic (exact) mass is 330 g/mol. The summed E-state index contributed by atoms with van der Waals surface area (Å²) in [6, 6.07) is 0. The van der Waals surface area contributed by atoms with Crippen molar-refractivity contribution in [2.45, 2.75) is 78.2 Å². The SMILES string of the molecule is CC(=O)O[C@H]1CC[C@@]2(C)C(=CC[C@H]3[C@@H]4CC(=O)C[C@@]4(C)CC[C@@H]32)C1. The average Bonchev–Trinajstić information content (AvgIpc) is 2.81. The number of hydrogen-bond acceptors (Lipinski definition) is 3. The number of carbonyl (C=O) groups excluding carboxylic acids is 2. The molecule has 3 heteroatoms. The van der Waals surface area contributed by atoms with Crippen LogP contribution in [0.4, 0.5) is 0 Å². The van der Waals surface area contributed by atoms with Gasteiger partial charge in [-0.15, -0.1) is 0 Å². The number of hydrogen-bond donors (Lipinski definition) is 0. The van der Waals surface area contributed by atoms with Crippen LogP contribution in [0.25, 0.3) is 0 Å². The normalized spacial score (nSPS) is 47.3. The highest BCUT2D eigenvalue weighted by atomic mass is 16.5. The third kappa shape index (κ3) is 2.38. The lowest BCUT2D eigenvalue weighted by atomic mass is 9.48. The van der Waals surface area contributed by atoms with Gasteiger partial charge in [0.05, 0.1) is 0 Å². The molecule has 3 fully saturated rings. The molecule has 3 nitrogen and oxygen atoms in total. The summed E-state index contributed by atoms with van der Waals surface area (Å²) in [4.78, 5) is 23.4. The first kappa shape index (κ1) is 16.4. The van der Waals surface area contributed by atoms with Crippen molar-refractivity contribution in [2.75, 3.05) is 0 Å². The van der Waals surface area contributed by atoms with E-state index in [4.69, 9.17) is 4.74 Å². The maximum absolute atomic E-state index is 12.1. The van der Waals surface area contributed by atoms with Gasteiger partial charge in [0.15, 0.2) is 0 Å². The van der Waals surface area contributed by atoms with Gasteiger partial charge in [-0.2, -0.15) is 0 Å². The van der Waals surface area contributed by atoms with Gasteiger partial charge in [0.1, 0.15) is 11.9 Å². The molecule has 0 unspecified atom stereocenters. The van der Waals surface area contributed by atoms with E-state index in [1.165, 1.54) is 25.3 Å². The summed E-state index contributed by atoms with van der Waals surface area (Å²) in [6.07, 6.45) is 10.8. The Morgan fingerprint density at radius 3 is 2.71 bits per heavy atom. The predicted molar refractivity (Wildman–Crippen MR) is 92.3 cm³/mol. The topological polar surface area (TPSA) is 43.4 Å². The van der Waals surface area contributed by atoms with E-state index in [-0.39, 0.29) is 22.9 Å². The molecule has 0 N–H and O–H groups in total. The fourth-order valence-electron chi connectivity index (χ4n) is 6.74. The minimum atomic E-state index is -0.157. The molecule has 6 atom stereocenters. The Morgan fingerprint density at radius 1 is 1.17 bits per heavy atom. The molecule has 0 aromatic heterocycles. The van der Waals surface area contributed by atoms with E-state index in [1.807, 2.05) is 0 Å². The highest BCUT2D eigenvalue weighted by Gasteiger charge is 2.57.